The smallest absolute Gasteiger partial charge is 0.191 e. The normalized spacial score (nSPS) is 11.3. The number of rotatable bonds is 7. The average molecular weight is 426 g/mol. The van der Waals surface area contributed by atoms with Gasteiger partial charge in [0.15, 0.2) is 11.0 Å². The molecule has 0 unspecified atom stereocenters. The Labute approximate surface area is 177 Å². The molecule has 8 heteroatoms. The largest absolute Gasteiger partial charge is 0.302 e. The summed E-state index contributed by atoms with van der Waals surface area (Å²) in [5.74, 6) is 1.32. The molecule has 3 heterocycles. The second kappa shape index (κ2) is 8.84. The highest BCUT2D eigenvalue weighted by atomic mass is 32.2. The maximum atomic E-state index is 14.3. The van der Waals surface area contributed by atoms with Crippen LogP contribution >= 0.6 is 23.1 Å². The number of benzene rings is 1. The summed E-state index contributed by atoms with van der Waals surface area (Å²) in [6, 6.07) is 12.5. The van der Waals surface area contributed by atoms with E-state index in [1.165, 1.54) is 6.07 Å². The van der Waals surface area contributed by atoms with Crippen LogP contribution in [0.1, 0.15) is 19.5 Å². The van der Waals surface area contributed by atoms with E-state index >= 15 is 0 Å². The van der Waals surface area contributed by atoms with Gasteiger partial charge in [0.05, 0.1) is 17.0 Å². The summed E-state index contributed by atoms with van der Waals surface area (Å²) in [6.07, 6.45) is 1.77. The molecule has 0 amide bonds. The lowest BCUT2D eigenvalue weighted by Crippen LogP contribution is -2.08. The van der Waals surface area contributed by atoms with E-state index in [1.54, 1.807) is 41.4 Å². The first kappa shape index (κ1) is 19.7. The number of pyridine rings is 1. The van der Waals surface area contributed by atoms with Gasteiger partial charge in [-0.15, -0.1) is 21.5 Å². The van der Waals surface area contributed by atoms with Crippen molar-refractivity contribution in [2.45, 2.75) is 31.3 Å². The van der Waals surface area contributed by atoms with E-state index < -0.39 is 0 Å². The highest BCUT2D eigenvalue weighted by Gasteiger charge is 2.18. The van der Waals surface area contributed by atoms with Gasteiger partial charge >= 0.3 is 0 Å². The maximum Gasteiger partial charge on any atom is 0.191 e. The second-order valence-corrected chi connectivity index (χ2v) is 8.74. The van der Waals surface area contributed by atoms with Crippen molar-refractivity contribution in [2.24, 2.45) is 5.92 Å². The topological polar surface area (TPSA) is 56.5 Å². The molecule has 0 saturated heterocycles. The van der Waals surface area contributed by atoms with Gasteiger partial charge in [-0.2, -0.15) is 0 Å². The van der Waals surface area contributed by atoms with Crippen LogP contribution in [0.5, 0.6) is 0 Å². The molecule has 0 N–H and O–H groups in total. The molecule has 0 aliphatic rings. The van der Waals surface area contributed by atoms with E-state index in [0.717, 1.165) is 28.1 Å². The molecule has 4 aromatic rings. The summed E-state index contributed by atoms with van der Waals surface area (Å²) in [7, 11) is 0. The zero-order valence-electron chi connectivity index (χ0n) is 16.1. The predicted molar refractivity (Wildman–Crippen MR) is 115 cm³/mol. The Morgan fingerprint density at radius 3 is 2.69 bits per heavy atom. The lowest BCUT2D eigenvalue weighted by Gasteiger charge is -2.12. The summed E-state index contributed by atoms with van der Waals surface area (Å²) in [5.41, 5.74) is 2.31. The fourth-order valence-electron chi connectivity index (χ4n) is 2.89. The van der Waals surface area contributed by atoms with Crippen LogP contribution in [0.4, 0.5) is 4.39 Å². The standard InChI is InChI=1S/C21H20FN5S2/c1-14(2)11-27-19(16-7-3-4-8-17(16)22)25-26-21(27)29-13-15-12-28-20(24-15)18-9-5-6-10-23-18/h3-10,12,14H,11,13H2,1-2H3. The molecular formula is C21H20FN5S2. The number of aromatic nitrogens is 5. The van der Waals surface area contributed by atoms with Gasteiger partial charge in [-0.1, -0.05) is 43.8 Å². The van der Waals surface area contributed by atoms with Crippen molar-refractivity contribution in [3.63, 3.8) is 0 Å². The average Bonchev–Trinajstić information content (AvgIpc) is 3.34. The summed E-state index contributed by atoms with van der Waals surface area (Å²) < 4.78 is 16.3. The van der Waals surface area contributed by atoms with E-state index in [-0.39, 0.29) is 5.82 Å². The Bertz CT molecular complexity index is 1090. The second-order valence-electron chi connectivity index (χ2n) is 6.94. The Hall–Kier alpha value is -2.58. The third-order valence-corrected chi connectivity index (χ3v) is 6.08. The minimum atomic E-state index is -0.291. The third kappa shape index (κ3) is 4.54. The van der Waals surface area contributed by atoms with Crippen LogP contribution in [-0.2, 0) is 12.3 Å². The molecule has 3 aromatic heterocycles. The Morgan fingerprint density at radius 1 is 1.10 bits per heavy atom. The van der Waals surface area contributed by atoms with E-state index in [2.05, 4.69) is 34.0 Å². The van der Waals surface area contributed by atoms with Gasteiger partial charge in [0.2, 0.25) is 0 Å². The van der Waals surface area contributed by atoms with Gasteiger partial charge < -0.3 is 4.57 Å². The lowest BCUT2D eigenvalue weighted by atomic mass is 10.2. The highest BCUT2D eigenvalue weighted by Crippen LogP contribution is 2.30. The summed E-state index contributed by atoms with van der Waals surface area (Å²) in [5, 5.41) is 12.3. The molecule has 1 aromatic carbocycles. The maximum absolute atomic E-state index is 14.3. The van der Waals surface area contributed by atoms with E-state index in [1.807, 2.05) is 34.2 Å². The predicted octanol–water partition coefficient (Wildman–Crippen LogP) is 5.55. The van der Waals surface area contributed by atoms with Gasteiger partial charge in [-0.25, -0.2) is 9.37 Å². The molecule has 0 bridgehead atoms. The molecular weight excluding hydrogens is 405 g/mol. The van der Waals surface area contributed by atoms with Gasteiger partial charge in [-0.3, -0.25) is 4.98 Å². The molecule has 0 fully saturated rings. The van der Waals surface area contributed by atoms with Crippen LogP contribution in [0.3, 0.4) is 0 Å². The molecule has 0 saturated carbocycles. The molecule has 0 atom stereocenters. The van der Waals surface area contributed by atoms with E-state index in [4.69, 9.17) is 0 Å². The Kier molecular flexibility index (Phi) is 6.01. The number of nitrogens with zero attached hydrogens (tertiary/aromatic N) is 5. The van der Waals surface area contributed by atoms with Crippen LogP contribution in [0.25, 0.3) is 22.1 Å². The first-order chi connectivity index (χ1) is 14.1. The van der Waals surface area contributed by atoms with Crippen molar-refractivity contribution in [3.05, 3.63) is 65.6 Å². The van der Waals surface area contributed by atoms with Crippen molar-refractivity contribution in [3.8, 4) is 22.1 Å². The number of thiazole rings is 1. The van der Waals surface area contributed by atoms with Crippen molar-refractivity contribution in [1.82, 2.24) is 24.7 Å². The van der Waals surface area contributed by atoms with Gasteiger partial charge in [0.1, 0.15) is 10.8 Å². The first-order valence-corrected chi connectivity index (χ1v) is 11.1. The lowest BCUT2D eigenvalue weighted by molar-refractivity contribution is 0.496. The molecule has 0 spiro atoms. The zero-order valence-corrected chi connectivity index (χ0v) is 17.8. The molecule has 5 nitrogen and oxygen atoms in total. The Morgan fingerprint density at radius 2 is 1.93 bits per heavy atom. The van der Waals surface area contributed by atoms with Gasteiger partial charge in [0, 0.05) is 23.9 Å². The molecule has 4 rings (SSSR count). The molecule has 0 radical (unpaired) electrons. The molecule has 29 heavy (non-hydrogen) atoms. The van der Waals surface area contributed by atoms with Crippen molar-refractivity contribution in [2.75, 3.05) is 0 Å². The Balaban J connectivity index is 1.56. The zero-order chi connectivity index (χ0) is 20.2. The van der Waals surface area contributed by atoms with Crippen molar-refractivity contribution >= 4 is 23.1 Å². The molecule has 0 aliphatic carbocycles. The van der Waals surface area contributed by atoms with Crippen LogP contribution < -0.4 is 0 Å². The quantitative estimate of drug-likeness (QED) is 0.363. The third-order valence-electron chi connectivity index (χ3n) is 4.16. The molecule has 0 aliphatic heterocycles. The number of thioether (sulfide) groups is 1. The minimum absolute atomic E-state index is 0.291. The van der Waals surface area contributed by atoms with Crippen LogP contribution in [-0.4, -0.2) is 24.7 Å². The first-order valence-electron chi connectivity index (χ1n) is 9.28. The SMILES string of the molecule is CC(C)Cn1c(SCc2csc(-c3ccccn3)n2)nnc1-c1ccccc1F. The summed E-state index contributed by atoms with van der Waals surface area (Å²) in [4.78, 5) is 9.03. The number of halogens is 1. The van der Waals surface area contributed by atoms with E-state index in [0.29, 0.717) is 23.1 Å². The highest BCUT2D eigenvalue weighted by molar-refractivity contribution is 7.98. The number of hydrogen-bond donors (Lipinski definition) is 0. The van der Waals surface area contributed by atoms with Crippen molar-refractivity contribution in [1.29, 1.82) is 0 Å². The summed E-state index contributed by atoms with van der Waals surface area (Å²) in [6.45, 7) is 4.97. The molecule has 148 valence electrons. The summed E-state index contributed by atoms with van der Waals surface area (Å²) >= 11 is 3.14. The van der Waals surface area contributed by atoms with Crippen LogP contribution in [0.15, 0.2) is 59.2 Å². The van der Waals surface area contributed by atoms with Crippen molar-refractivity contribution < 1.29 is 4.39 Å². The fourth-order valence-corrected chi connectivity index (χ4v) is 4.63. The van der Waals surface area contributed by atoms with Gasteiger partial charge in [0.25, 0.3) is 0 Å². The van der Waals surface area contributed by atoms with E-state index in [9.17, 15) is 4.39 Å². The van der Waals surface area contributed by atoms with Gasteiger partial charge in [-0.05, 0) is 30.2 Å². The van der Waals surface area contributed by atoms with Crippen LogP contribution in [0, 0.1) is 11.7 Å². The number of hydrogen-bond acceptors (Lipinski definition) is 6. The minimum Gasteiger partial charge on any atom is -0.302 e. The van der Waals surface area contributed by atoms with Crippen LogP contribution in [0.2, 0.25) is 0 Å². The fraction of sp³-hybridized carbons (Fsp3) is 0.238. The monoisotopic (exact) mass is 425 g/mol.